The molecule has 1 rings (SSSR count). The second-order valence-electron chi connectivity index (χ2n) is 1.56. The average Bonchev–Trinajstić information content (AvgIpc) is 2.10. The largest absolute Gasteiger partial charge is 0.382 e. The van der Waals surface area contributed by atoms with Gasteiger partial charge in [-0.2, -0.15) is 0 Å². The molecule has 0 saturated heterocycles. The van der Waals surface area contributed by atoms with Gasteiger partial charge in [0.25, 0.3) is 5.24 Å². The number of carbonyl (C=O) groups excluding carboxylic acids is 1. The molecule has 0 unspecified atom stereocenters. The number of halogens is 2. The Bertz CT molecular complexity index is 271. The molecule has 0 amide bonds. The van der Waals surface area contributed by atoms with Crippen LogP contribution < -0.4 is 5.73 Å². The van der Waals surface area contributed by atoms with Crippen LogP contribution >= 0.6 is 27.5 Å². The lowest BCUT2D eigenvalue weighted by Gasteiger charge is -1.84. The van der Waals surface area contributed by atoms with E-state index in [9.17, 15) is 4.79 Å². The first-order valence-electron chi connectivity index (χ1n) is 2.32. The van der Waals surface area contributed by atoms with Gasteiger partial charge < -0.3 is 10.7 Å². The fourth-order valence-corrected chi connectivity index (χ4v) is 1.04. The van der Waals surface area contributed by atoms with Gasteiger partial charge in [0, 0.05) is 0 Å². The molecule has 1 aromatic heterocycles. The van der Waals surface area contributed by atoms with Crippen molar-refractivity contribution in [3.63, 3.8) is 0 Å². The maximum absolute atomic E-state index is 10.5. The maximum Gasteiger partial charge on any atom is 0.272 e. The Balaban J connectivity index is 3.15. The molecule has 0 atom stereocenters. The number of aromatic amines is 1. The second kappa shape index (κ2) is 2.59. The van der Waals surface area contributed by atoms with Gasteiger partial charge in [-0.25, -0.2) is 4.98 Å². The van der Waals surface area contributed by atoms with Gasteiger partial charge in [0.1, 0.15) is 5.69 Å². The highest BCUT2D eigenvalue weighted by Crippen LogP contribution is 2.13. The minimum Gasteiger partial charge on any atom is -0.382 e. The number of rotatable bonds is 1. The monoisotopic (exact) mass is 223 g/mol. The first-order valence-corrected chi connectivity index (χ1v) is 3.49. The van der Waals surface area contributed by atoms with Gasteiger partial charge in [0.05, 0.1) is 0 Å². The van der Waals surface area contributed by atoms with Gasteiger partial charge >= 0.3 is 0 Å². The van der Waals surface area contributed by atoms with Crippen LogP contribution in [0.15, 0.2) is 4.73 Å². The number of nitrogens with zero attached hydrogens (tertiary/aromatic N) is 1. The van der Waals surface area contributed by atoms with Gasteiger partial charge in [-0.15, -0.1) is 0 Å². The molecular weight excluding hydrogens is 221 g/mol. The van der Waals surface area contributed by atoms with Crippen LogP contribution in [0.3, 0.4) is 0 Å². The third-order valence-corrected chi connectivity index (χ3v) is 1.46. The molecule has 0 aromatic carbocycles. The molecule has 0 saturated carbocycles. The molecule has 10 heavy (non-hydrogen) atoms. The van der Waals surface area contributed by atoms with Crippen molar-refractivity contribution in [2.24, 2.45) is 0 Å². The van der Waals surface area contributed by atoms with E-state index in [1.165, 1.54) is 0 Å². The predicted octanol–water partition coefficient (Wildman–Crippen LogP) is 1.13. The maximum atomic E-state index is 10.5. The molecule has 0 aliphatic carbocycles. The van der Waals surface area contributed by atoms with Crippen molar-refractivity contribution in [3.05, 3.63) is 10.4 Å². The number of hydrogen-bond donors (Lipinski definition) is 2. The summed E-state index contributed by atoms with van der Waals surface area (Å²) in [6, 6.07) is 0. The van der Waals surface area contributed by atoms with E-state index in [1.54, 1.807) is 0 Å². The molecule has 3 N–H and O–H groups in total. The van der Waals surface area contributed by atoms with Gasteiger partial charge in [0.2, 0.25) is 0 Å². The van der Waals surface area contributed by atoms with E-state index in [1.807, 2.05) is 0 Å². The molecule has 54 valence electrons. The number of imidazole rings is 1. The minimum absolute atomic E-state index is 0.104. The average molecular weight is 224 g/mol. The lowest BCUT2D eigenvalue weighted by molar-refractivity contribution is 0.107. The lowest BCUT2D eigenvalue weighted by atomic mass is 10.5. The number of nitrogen functional groups attached to an aromatic ring is 1. The molecule has 4 nitrogen and oxygen atoms in total. The summed E-state index contributed by atoms with van der Waals surface area (Å²) >= 11 is 8.10. The van der Waals surface area contributed by atoms with Gasteiger partial charge in [-0.1, -0.05) is 0 Å². The van der Waals surface area contributed by atoms with E-state index in [0.29, 0.717) is 4.73 Å². The Morgan fingerprint density at radius 2 is 2.40 bits per heavy atom. The smallest absolute Gasteiger partial charge is 0.272 e. The summed E-state index contributed by atoms with van der Waals surface area (Å²) in [6.45, 7) is 0. The summed E-state index contributed by atoms with van der Waals surface area (Å²) in [6.07, 6.45) is 0. The Morgan fingerprint density at radius 3 is 2.60 bits per heavy atom. The van der Waals surface area contributed by atoms with Crippen molar-refractivity contribution in [2.75, 3.05) is 5.73 Å². The predicted molar refractivity (Wildman–Crippen MR) is 40.9 cm³/mol. The fourth-order valence-electron chi connectivity index (χ4n) is 0.507. The quantitative estimate of drug-likeness (QED) is 0.703. The zero-order valence-corrected chi connectivity index (χ0v) is 7.03. The Kier molecular flexibility index (Phi) is 1.96. The van der Waals surface area contributed by atoms with E-state index in [4.69, 9.17) is 17.3 Å². The van der Waals surface area contributed by atoms with E-state index >= 15 is 0 Å². The minimum atomic E-state index is -0.643. The van der Waals surface area contributed by atoms with E-state index < -0.39 is 5.24 Å². The Hall–Kier alpha value is -0.550. The van der Waals surface area contributed by atoms with Crippen LogP contribution in [-0.4, -0.2) is 15.2 Å². The molecule has 1 aromatic rings. The lowest BCUT2D eigenvalue weighted by Crippen LogP contribution is -1.95. The molecule has 0 radical (unpaired) electrons. The summed E-state index contributed by atoms with van der Waals surface area (Å²) in [5.74, 6) is 0.104. The number of nitrogens with two attached hydrogens (primary N) is 1. The second-order valence-corrected chi connectivity index (χ2v) is 2.66. The molecule has 0 aliphatic rings. The molecule has 0 spiro atoms. The van der Waals surface area contributed by atoms with Crippen LogP contribution in [0.4, 0.5) is 5.82 Å². The summed E-state index contributed by atoms with van der Waals surface area (Å²) < 4.78 is 0.397. The van der Waals surface area contributed by atoms with Gasteiger partial charge in [0.15, 0.2) is 10.6 Å². The van der Waals surface area contributed by atoms with Crippen LogP contribution in [0.2, 0.25) is 0 Å². The fraction of sp³-hybridized carbons (Fsp3) is 0. The van der Waals surface area contributed by atoms with Gasteiger partial charge in [-0.05, 0) is 27.5 Å². The van der Waals surface area contributed by atoms with Crippen molar-refractivity contribution in [3.8, 4) is 0 Å². The van der Waals surface area contributed by atoms with Crippen LogP contribution in [0, 0.1) is 0 Å². The van der Waals surface area contributed by atoms with Crippen LogP contribution in [0.1, 0.15) is 10.5 Å². The summed E-state index contributed by atoms with van der Waals surface area (Å²) in [7, 11) is 0. The van der Waals surface area contributed by atoms with E-state index in [-0.39, 0.29) is 11.5 Å². The van der Waals surface area contributed by atoms with Crippen molar-refractivity contribution in [1.82, 2.24) is 9.97 Å². The SMILES string of the molecule is Nc1nc(Br)[nH]c1C(=O)Cl. The zero-order chi connectivity index (χ0) is 7.72. The number of hydrogen-bond acceptors (Lipinski definition) is 3. The molecule has 0 aliphatic heterocycles. The molecular formula is C4H3BrClN3O. The molecule has 1 heterocycles. The van der Waals surface area contributed by atoms with Crippen molar-refractivity contribution < 1.29 is 4.79 Å². The highest BCUT2D eigenvalue weighted by molar-refractivity contribution is 9.10. The normalized spacial score (nSPS) is 9.80. The number of nitrogens with one attached hydrogen (secondary N) is 1. The van der Waals surface area contributed by atoms with Crippen molar-refractivity contribution in [2.45, 2.75) is 0 Å². The third-order valence-electron chi connectivity index (χ3n) is 0.899. The standard InChI is InChI=1S/C4H3BrClN3O/c5-4-8-1(2(6)10)3(7)9-4/h7H2,(H,8,9). The number of H-pyrrole nitrogens is 1. The van der Waals surface area contributed by atoms with Crippen molar-refractivity contribution >= 4 is 38.6 Å². The highest BCUT2D eigenvalue weighted by Gasteiger charge is 2.10. The first-order chi connectivity index (χ1) is 4.61. The number of anilines is 1. The molecule has 6 heteroatoms. The number of carbonyl (C=O) groups is 1. The van der Waals surface area contributed by atoms with E-state index in [2.05, 4.69) is 25.9 Å². The van der Waals surface area contributed by atoms with Crippen molar-refractivity contribution in [1.29, 1.82) is 0 Å². The number of aromatic nitrogens is 2. The third kappa shape index (κ3) is 1.30. The Morgan fingerprint density at radius 1 is 1.80 bits per heavy atom. The molecule has 0 bridgehead atoms. The molecule has 0 fully saturated rings. The summed E-state index contributed by atoms with van der Waals surface area (Å²) in [4.78, 5) is 16.7. The zero-order valence-electron chi connectivity index (χ0n) is 4.69. The van der Waals surface area contributed by atoms with E-state index in [0.717, 1.165) is 0 Å². The van der Waals surface area contributed by atoms with Crippen LogP contribution in [-0.2, 0) is 0 Å². The highest BCUT2D eigenvalue weighted by atomic mass is 79.9. The summed E-state index contributed by atoms with van der Waals surface area (Å²) in [5, 5.41) is -0.643. The topological polar surface area (TPSA) is 71.8 Å². The van der Waals surface area contributed by atoms with Gasteiger partial charge in [-0.3, -0.25) is 4.79 Å². The summed E-state index contributed by atoms with van der Waals surface area (Å²) in [5.41, 5.74) is 5.38. The van der Waals surface area contributed by atoms with Crippen LogP contribution in [0.25, 0.3) is 0 Å². The first kappa shape index (κ1) is 7.56. The van der Waals surface area contributed by atoms with Crippen LogP contribution in [0.5, 0.6) is 0 Å². The Labute approximate surface area is 69.9 Å².